The Morgan fingerprint density at radius 3 is 2.82 bits per heavy atom. The molecule has 0 aromatic rings. The van der Waals surface area contributed by atoms with Crippen molar-refractivity contribution < 1.29 is 0 Å². The van der Waals surface area contributed by atoms with Crippen LogP contribution in [-0.4, -0.2) is 0 Å². The monoisotopic (exact) mass is 143 g/mol. The van der Waals surface area contributed by atoms with Gasteiger partial charge in [-0.2, -0.15) is 0 Å². The van der Waals surface area contributed by atoms with E-state index in [0.29, 0.717) is 0 Å². The van der Waals surface area contributed by atoms with Crippen LogP contribution in [0, 0.1) is 11.5 Å². The lowest BCUT2D eigenvalue weighted by molar-refractivity contribution is 0.604. The zero-order valence-corrected chi connectivity index (χ0v) is 6.89. The molecule has 0 atom stereocenters. The zero-order chi connectivity index (χ0) is 7.90. The molecule has 0 heteroatoms. The van der Waals surface area contributed by atoms with E-state index < -0.39 is 0 Å². The third-order valence-corrected chi connectivity index (χ3v) is 2.27. The third kappa shape index (κ3) is 0.875. The highest BCUT2D eigenvalue weighted by molar-refractivity contribution is 5.53. The first-order chi connectivity index (χ1) is 5.20. The van der Waals surface area contributed by atoms with Crippen LogP contribution in [0.3, 0.4) is 0 Å². The Morgan fingerprint density at radius 2 is 2.09 bits per heavy atom. The van der Waals surface area contributed by atoms with E-state index in [-0.39, 0.29) is 5.41 Å². The highest BCUT2D eigenvalue weighted by Crippen LogP contribution is 2.38. The van der Waals surface area contributed by atoms with E-state index in [4.69, 9.17) is 0 Å². The first kappa shape index (κ1) is 6.57. The van der Waals surface area contributed by atoms with Gasteiger partial charge in [0.2, 0.25) is 0 Å². The molecule has 0 saturated carbocycles. The van der Waals surface area contributed by atoms with Gasteiger partial charge in [-0.15, -0.1) is 0 Å². The molecule has 0 heterocycles. The maximum absolute atomic E-state index is 3.11. The molecule has 0 aromatic carbocycles. The van der Waals surface area contributed by atoms with Crippen LogP contribution in [0.15, 0.2) is 41.5 Å². The fourth-order valence-corrected chi connectivity index (χ4v) is 1.53. The maximum Gasteiger partial charge on any atom is 0.107 e. The average molecular weight is 143 g/mol. The molecule has 0 saturated heterocycles. The number of hydrogen-bond acceptors (Lipinski definition) is 0. The van der Waals surface area contributed by atoms with Crippen LogP contribution < -0.4 is 0 Å². The van der Waals surface area contributed by atoms with E-state index in [2.05, 4.69) is 44.2 Å². The predicted molar refractivity (Wildman–Crippen MR) is 46.9 cm³/mol. The van der Waals surface area contributed by atoms with Gasteiger partial charge >= 0.3 is 0 Å². The molecule has 2 aliphatic rings. The van der Waals surface area contributed by atoms with E-state index in [1.807, 2.05) is 6.08 Å². The average Bonchev–Trinajstić information content (AvgIpc) is 2.29. The SMILES string of the molecule is CC1(C)C=CC2=C1C=[C+]C=C2. The van der Waals surface area contributed by atoms with Crippen LogP contribution in [0.4, 0.5) is 0 Å². The lowest BCUT2D eigenvalue weighted by atomic mass is 9.85. The normalized spacial score (nSPS) is 23.8. The Balaban J connectivity index is 2.54. The standard InChI is InChI=1S/C11H11/c1-11(2)8-7-9-5-3-4-6-10(9)11/h3,5-8H,1-2H3/q+1. The van der Waals surface area contributed by atoms with Crippen molar-refractivity contribution in [3.05, 3.63) is 47.6 Å². The molecule has 0 unspecified atom stereocenters. The van der Waals surface area contributed by atoms with Crippen molar-refractivity contribution in [3.63, 3.8) is 0 Å². The smallest absolute Gasteiger partial charge is 0.0588 e. The molecular formula is C11H11+. The Bertz CT molecular complexity index is 296. The van der Waals surface area contributed by atoms with Crippen molar-refractivity contribution >= 4 is 0 Å². The molecular weight excluding hydrogens is 132 g/mol. The summed E-state index contributed by atoms with van der Waals surface area (Å²) in [7, 11) is 0. The summed E-state index contributed by atoms with van der Waals surface area (Å²) in [5.74, 6) is 0. The summed E-state index contributed by atoms with van der Waals surface area (Å²) < 4.78 is 0. The lowest BCUT2D eigenvalue weighted by Crippen LogP contribution is -2.07. The summed E-state index contributed by atoms with van der Waals surface area (Å²) in [5.41, 5.74) is 2.95. The van der Waals surface area contributed by atoms with Crippen LogP contribution in [0.1, 0.15) is 13.8 Å². The molecule has 2 aliphatic carbocycles. The third-order valence-electron chi connectivity index (χ3n) is 2.27. The van der Waals surface area contributed by atoms with Crippen molar-refractivity contribution in [2.45, 2.75) is 13.8 Å². The minimum atomic E-state index is 0.215. The molecule has 0 nitrogen and oxygen atoms in total. The van der Waals surface area contributed by atoms with Gasteiger partial charge in [-0.05, 0) is 19.9 Å². The van der Waals surface area contributed by atoms with Crippen LogP contribution in [-0.2, 0) is 0 Å². The minimum Gasteiger partial charge on any atom is -0.0588 e. The Hall–Kier alpha value is -1.13. The fourth-order valence-electron chi connectivity index (χ4n) is 1.53. The zero-order valence-electron chi connectivity index (χ0n) is 6.89. The molecule has 11 heavy (non-hydrogen) atoms. The minimum absolute atomic E-state index is 0.215. The van der Waals surface area contributed by atoms with Gasteiger partial charge in [-0.3, -0.25) is 0 Å². The molecule has 54 valence electrons. The molecule has 0 aromatic heterocycles. The van der Waals surface area contributed by atoms with Gasteiger partial charge in [0.25, 0.3) is 0 Å². The lowest BCUT2D eigenvalue weighted by Gasteiger charge is -2.12. The Labute approximate surface area is 67.6 Å². The van der Waals surface area contributed by atoms with Gasteiger partial charge in [0.05, 0.1) is 22.6 Å². The molecule has 0 amide bonds. The second-order valence-electron chi connectivity index (χ2n) is 3.57. The Morgan fingerprint density at radius 1 is 1.27 bits per heavy atom. The molecule has 0 radical (unpaired) electrons. The second-order valence-corrected chi connectivity index (χ2v) is 3.57. The van der Waals surface area contributed by atoms with Gasteiger partial charge in [0, 0.05) is 6.08 Å². The molecule has 2 rings (SSSR count). The summed E-state index contributed by atoms with van der Waals surface area (Å²) in [6.07, 6.45) is 13.7. The first-order valence-corrected chi connectivity index (χ1v) is 3.90. The van der Waals surface area contributed by atoms with Gasteiger partial charge in [-0.1, -0.05) is 6.08 Å². The van der Waals surface area contributed by atoms with Gasteiger partial charge in [0.1, 0.15) is 12.2 Å². The van der Waals surface area contributed by atoms with Crippen molar-refractivity contribution in [1.82, 2.24) is 0 Å². The molecule has 0 N–H and O–H groups in total. The topological polar surface area (TPSA) is 0 Å². The van der Waals surface area contributed by atoms with Crippen LogP contribution >= 0.6 is 0 Å². The quantitative estimate of drug-likeness (QED) is 0.457. The van der Waals surface area contributed by atoms with E-state index in [1.54, 1.807) is 0 Å². The van der Waals surface area contributed by atoms with Crippen molar-refractivity contribution in [1.29, 1.82) is 0 Å². The summed E-state index contributed by atoms with van der Waals surface area (Å²) in [4.78, 5) is 0. The van der Waals surface area contributed by atoms with Crippen LogP contribution in [0.2, 0.25) is 0 Å². The molecule has 0 aliphatic heterocycles. The highest BCUT2D eigenvalue weighted by Gasteiger charge is 2.32. The van der Waals surface area contributed by atoms with Gasteiger partial charge in [0.15, 0.2) is 0 Å². The van der Waals surface area contributed by atoms with Crippen LogP contribution in [0.5, 0.6) is 0 Å². The van der Waals surface area contributed by atoms with E-state index in [0.717, 1.165) is 0 Å². The van der Waals surface area contributed by atoms with Crippen molar-refractivity contribution in [2.75, 3.05) is 0 Å². The summed E-state index contributed by atoms with van der Waals surface area (Å²) in [6.45, 7) is 4.45. The largest absolute Gasteiger partial charge is 0.107 e. The highest BCUT2D eigenvalue weighted by atomic mass is 14.3. The fraction of sp³-hybridized carbons (Fsp3) is 0.273. The molecule has 0 bridgehead atoms. The number of allylic oxidation sites excluding steroid dienone is 8. The van der Waals surface area contributed by atoms with Gasteiger partial charge < -0.3 is 0 Å². The second kappa shape index (κ2) is 1.93. The maximum atomic E-state index is 3.11. The predicted octanol–water partition coefficient (Wildman–Crippen LogP) is 2.81. The Kier molecular flexibility index (Phi) is 1.15. The summed E-state index contributed by atoms with van der Waals surface area (Å²) in [5, 5.41) is 0. The molecule has 0 spiro atoms. The van der Waals surface area contributed by atoms with E-state index in [9.17, 15) is 0 Å². The number of rotatable bonds is 0. The summed E-state index contributed by atoms with van der Waals surface area (Å²) >= 11 is 0. The summed E-state index contributed by atoms with van der Waals surface area (Å²) in [6, 6.07) is 0. The van der Waals surface area contributed by atoms with E-state index >= 15 is 0 Å². The van der Waals surface area contributed by atoms with E-state index in [1.165, 1.54) is 11.1 Å². The first-order valence-electron chi connectivity index (χ1n) is 3.90. The van der Waals surface area contributed by atoms with Crippen molar-refractivity contribution in [3.8, 4) is 0 Å². The van der Waals surface area contributed by atoms with Crippen molar-refractivity contribution in [2.24, 2.45) is 5.41 Å². The molecule has 0 fully saturated rings. The van der Waals surface area contributed by atoms with Crippen LogP contribution in [0.25, 0.3) is 0 Å². The number of hydrogen-bond donors (Lipinski definition) is 0. The van der Waals surface area contributed by atoms with Gasteiger partial charge in [-0.25, -0.2) is 0 Å².